The Morgan fingerprint density at radius 1 is 1.09 bits per heavy atom. The molecular weight excluding hydrogens is 449 g/mol. The Labute approximate surface area is 194 Å². The van der Waals surface area contributed by atoms with Gasteiger partial charge < -0.3 is 20.7 Å². The van der Waals surface area contributed by atoms with Gasteiger partial charge in [0, 0.05) is 34.7 Å². The molecular formula is C21H16ClF3N4O3. The number of halogens is 4. The van der Waals surface area contributed by atoms with Gasteiger partial charge in [-0.05, 0) is 48.5 Å². The summed E-state index contributed by atoms with van der Waals surface area (Å²) in [5.74, 6) is -1.79. The van der Waals surface area contributed by atoms with Crippen molar-refractivity contribution in [1.29, 1.82) is 0 Å². The number of nitrogens with zero attached hydrogens (tertiary/aromatic N) is 1. The summed E-state index contributed by atoms with van der Waals surface area (Å²) < 4.78 is 89.5. The van der Waals surface area contributed by atoms with Crippen molar-refractivity contribution >= 4 is 34.9 Å². The Bertz CT molecular complexity index is 1390. The number of benzene rings is 2. The number of hydrogen-bond donors (Lipinski definition) is 3. The van der Waals surface area contributed by atoms with Crippen LogP contribution in [-0.2, 0) is 6.18 Å². The van der Waals surface area contributed by atoms with Crippen LogP contribution in [0.25, 0.3) is 0 Å². The molecule has 0 aliphatic carbocycles. The molecule has 32 heavy (non-hydrogen) atoms. The molecule has 3 N–H and O–H groups in total. The minimum Gasteiger partial charge on any atom is -0.457 e. The first-order valence-corrected chi connectivity index (χ1v) is 8.96. The zero-order valence-corrected chi connectivity index (χ0v) is 16.5. The second-order valence-electron chi connectivity index (χ2n) is 6.00. The van der Waals surface area contributed by atoms with E-state index < -0.39 is 65.4 Å². The summed E-state index contributed by atoms with van der Waals surface area (Å²) in [4.78, 5) is 27.8. The molecule has 3 rings (SSSR count). The van der Waals surface area contributed by atoms with Gasteiger partial charge in [-0.2, -0.15) is 13.2 Å². The van der Waals surface area contributed by atoms with Crippen LogP contribution < -0.4 is 20.7 Å². The Morgan fingerprint density at radius 3 is 2.47 bits per heavy atom. The number of rotatable bonds is 5. The van der Waals surface area contributed by atoms with E-state index in [-0.39, 0.29) is 17.1 Å². The molecule has 3 amide bonds. The number of ether oxygens (including phenoxy) is 1. The van der Waals surface area contributed by atoms with Gasteiger partial charge in [0.2, 0.25) is 0 Å². The van der Waals surface area contributed by atoms with Crippen molar-refractivity contribution in [1.82, 2.24) is 10.3 Å². The molecule has 0 aliphatic rings. The van der Waals surface area contributed by atoms with Crippen LogP contribution >= 0.6 is 11.6 Å². The van der Waals surface area contributed by atoms with Crippen LogP contribution in [0.5, 0.6) is 11.5 Å². The average molecular weight is 471 g/mol. The molecule has 3 aromatic rings. The monoisotopic (exact) mass is 470 g/mol. The van der Waals surface area contributed by atoms with Crippen LogP contribution in [0.3, 0.4) is 0 Å². The van der Waals surface area contributed by atoms with E-state index in [1.807, 2.05) is 0 Å². The maximum Gasteiger partial charge on any atom is 0.417 e. The topological polar surface area (TPSA) is 92.3 Å². The number of alkyl halides is 3. The maximum absolute atomic E-state index is 13.0. The highest BCUT2D eigenvalue weighted by Crippen LogP contribution is 2.36. The van der Waals surface area contributed by atoms with Gasteiger partial charge in [-0.15, -0.1) is 0 Å². The first-order valence-electron chi connectivity index (χ1n) is 11.6. The predicted octanol–water partition coefficient (Wildman–Crippen LogP) is 5.55. The number of anilines is 2. The van der Waals surface area contributed by atoms with E-state index >= 15 is 0 Å². The van der Waals surface area contributed by atoms with Crippen molar-refractivity contribution in [3.63, 3.8) is 0 Å². The van der Waals surface area contributed by atoms with Crippen molar-refractivity contribution < 1.29 is 35.7 Å². The average Bonchev–Trinajstić information content (AvgIpc) is 2.79. The van der Waals surface area contributed by atoms with E-state index in [9.17, 15) is 22.8 Å². The molecule has 0 spiro atoms. The third-order valence-corrected chi connectivity index (χ3v) is 4.09. The van der Waals surface area contributed by atoms with Crippen molar-refractivity contribution in [2.45, 2.75) is 6.18 Å². The van der Waals surface area contributed by atoms with Crippen LogP contribution in [0.1, 0.15) is 24.3 Å². The number of aromatic nitrogens is 1. The van der Waals surface area contributed by atoms with Crippen LogP contribution in [0.15, 0.2) is 60.7 Å². The molecule has 7 nitrogen and oxygen atoms in total. The van der Waals surface area contributed by atoms with Gasteiger partial charge in [0.1, 0.15) is 17.2 Å². The molecule has 0 aliphatic heterocycles. The largest absolute Gasteiger partial charge is 0.457 e. The summed E-state index contributed by atoms with van der Waals surface area (Å²) in [7, 11) is 0. The number of carbonyl (C=O) groups is 2. The summed E-state index contributed by atoms with van der Waals surface area (Å²) >= 11 is 5.56. The Hall–Kier alpha value is -3.79. The van der Waals surface area contributed by atoms with Crippen molar-refractivity contribution in [2.24, 2.45) is 0 Å². The van der Waals surface area contributed by atoms with Gasteiger partial charge in [0.15, 0.2) is 0 Å². The summed E-state index contributed by atoms with van der Waals surface area (Å²) in [5.41, 5.74) is -1.83. The fourth-order valence-electron chi connectivity index (χ4n) is 2.36. The first-order chi connectivity index (χ1) is 17.5. The standard InChI is InChI=1S/C21H16ClF3N4O3/c1-26-19(30)18-11-15(8-9-27-18)32-14-5-2-12(3-6-14)28-20(31)29-13-4-7-17(22)16(10-13)21(23,24)25/h2-11H,1H3,(H,26,30)(H2,28,29,31)/i1D3,8D,9D,11D. The van der Waals surface area contributed by atoms with Gasteiger partial charge in [0.25, 0.3) is 5.91 Å². The molecule has 0 fully saturated rings. The van der Waals surface area contributed by atoms with Crippen LogP contribution in [0.2, 0.25) is 5.02 Å². The molecule has 0 unspecified atom stereocenters. The van der Waals surface area contributed by atoms with Crippen molar-refractivity contribution in [3.05, 3.63) is 77.0 Å². The second-order valence-corrected chi connectivity index (χ2v) is 6.41. The van der Waals surface area contributed by atoms with E-state index in [1.54, 1.807) is 5.32 Å². The summed E-state index contributed by atoms with van der Waals surface area (Å²) in [6.45, 7) is -2.88. The molecule has 0 saturated heterocycles. The number of nitrogens with one attached hydrogen (secondary N) is 3. The summed E-state index contributed by atoms with van der Waals surface area (Å²) in [5, 5.41) is 5.75. The normalized spacial score (nSPS) is 14.0. The molecule has 0 saturated carbocycles. The first kappa shape index (κ1) is 15.9. The number of hydrogen-bond acceptors (Lipinski definition) is 4. The maximum atomic E-state index is 13.0. The fraction of sp³-hybridized carbons (Fsp3) is 0.0952. The lowest BCUT2D eigenvalue weighted by Gasteiger charge is -2.12. The Morgan fingerprint density at radius 2 is 1.78 bits per heavy atom. The SMILES string of the molecule is [2H]c1nc(C(=O)NC([2H])([2H])[2H])c([2H])c(Oc2ccc(NC(=O)Nc3ccc(Cl)c(C(F)(F)F)c3)cc2)c1[2H]. The highest BCUT2D eigenvalue weighted by molar-refractivity contribution is 6.31. The summed E-state index contributed by atoms with van der Waals surface area (Å²) in [6.07, 6.45) is -5.45. The smallest absolute Gasteiger partial charge is 0.417 e. The molecule has 0 bridgehead atoms. The number of urea groups is 1. The fourth-order valence-corrected chi connectivity index (χ4v) is 2.58. The van der Waals surface area contributed by atoms with Crippen molar-refractivity contribution in [2.75, 3.05) is 17.6 Å². The third-order valence-electron chi connectivity index (χ3n) is 3.76. The molecule has 1 heterocycles. The highest BCUT2D eigenvalue weighted by atomic mass is 35.5. The van der Waals surface area contributed by atoms with Crippen molar-refractivity contribution in [3.8, 4) is 11.5 Å². The number of carbonyl (C=O) groups excluding carboxylic acids is 2. The van der Waals surface area contributed by atoms with Gasteiger partial charge in [0.05, 0.1) is 14.7 Å². The van der Waals surface area contributed by atoms with Gasteiger partial charge in [-0.1, -0.05) is 11.6 Å². The minimum absolute atomic E-state index is 0.0123. The third kappa shape index (κ3) is 5.88. The van der Waals surface area contributed by atoms with Crippen LogP contribution in [0, 0.1) is 0 Å². The summed E-state index contributed by atoms with van der Waals surface area (Å²) in [6, 6.07) is 5.88. The van der Waals surface area contributed by atoms with Crippen LogP contribution in [0.4, 0.5) is 29.3 Å². The predicted molar refractivity (Wildman–Crippen MR) is 113 cm³/mol. The van der Waals surface area contributed by atoms with Gasteiger partial charge in [-0.25, -0.2) is 4.79 Å². The van der Waals surface area contributed by atoms with E-state index in [4.69, 9.17) is 24.6 Å². The van der Waals surface area contributed by atoms with E-state index in [0.29, 0.717) is 6.07 Å². The lowest BCUT2D eigenvalue weighted by atomic mass is 10.2. The van der Waals surface area contributed by atoms with E-state index in [0.717, 1.165) is 6.07 Å². The Balaban J connectivity index is 1.73. The molecule has 11 heteroatoms. The molecule has 1 aromatic heterocycles. The Kier molecular flexibility index (Phi) is 4.76. The van der Waals surface area contributed by atoms with E-state index in [1.165, 1.54) is 30.3 Å². The zero-order valence-electron chi connectivity index (χ0n) is 21.7. The molecule has 166 valence electrons. The zero-order chi connectivity index (χ0) is 28.4. The number of pyridine rings is 1. The second kappa shape index (κ2) is 9.56. The lowest BCUT2D eigenvalue weighted by molar-refractivity contribution is -0.137. The van der Waals surface area contributed by atoms with Gasteiger partial charge >= 0.3 is 12.2 Å². The lowest BCUT2D eigenvalue weighted by Crippen LogP contribution is -2.19. The van der Waals surface area contributed by atoms with E-state index in [2.05, 4.69) is 15.6 Å². The quantitative estimate of drug-likeness (QED) is 0.456. The minimum atomic E-state index is -4.71. The molecule has 2 aromatic carbocycles. The van der Waals surface area contributed by atoms with Gasteiger partial charge in [-0.3, -0.25) is 9.78 Å². The highest BCUT2D eigenvalue weighted by Gasteiger charge is 2.33. The van der Waals surface area contributed by atoms with Crippen LogP contribution in [-0.4, -0.2) is 23.9 Å². The molecule has 0 radical (unpaired) electrons. The number of amides is 3. The molecule has 0 atom stereocenters.